The van der Waals surface area contributed by atoms with E-state index in [1.807, 2.05) is 6.07 Å². The maximum atomic E-state index is 5.38. The van der Waals surface area contributed by atoms with Crippen LogP contribution in [0.3, 0.4) is 0 Å². The highest BCUT2D eigenvalue weighted by Gasteiger charge is 2.16. The molecule has 0 aliphatic carbocycles. The molecule has 0 fully saturated rings. The zero-order valence-corrected chi connectivity index (χ0v) is 13.2. The zero-order chi connectivity index (χ0) is 15.1. The van der Waals surface area contributed by atoms with Crippen molar-refractivity contribution in [3.63, 3.8) is 0 Å². The van der Waals surface area contributed by atoms with E-state index in [2.05, 4.69) is 60.5 Å². The number of likely N-dealkylation sites (N-methyl/N-ethyl adjacent to an activating group) is 1. The molecule has 1 aromatic carbocycles. The summed E-state index contributed by atoms with van der Waals surface area (Å²) in [6.07, 6.45) is 2.56. The number of nitrogens with one attached hydrogen (secondary N) is 1. The highest BCUT2D eigenvalue weighted by atomic mass is 16.5. The van der Waals surface area contributed by atoms with Gasteiger partial charge < -0.3 is 9.84 Å². The van der Waals surface area contributed by atoms with Crippen LogP contribution in [0, 0.1) is 5.92 Å². The lowest BCUT2D eigenvalue weighted by molar-refractivity contribution is 0.327. The van der Waals surface area contributed by atoms with Gasteiger partial charge in [-0.1, -0.05) is 56.3 Å². The van der Waals surface area contributed by atoms with Gasteiger partial charge in [-0.3, -0.25) is 0 Å². The first kappa shape index (κ1) is 15.7. The smallest absolute Gasteiger partial charge is 0.228 e. The van der Waals surface area contributed by atoms with Crippen LogP contribution in [0.15, 0.2) is 34.9 Å². The third-order valence-corrected chi connectivity index (χ3v) is 3.66. The third kappa shape index (κ3) is 4.97. The molecule has 1 N–H and O–H groups in total. The number of hydrogen-bond donors (Lipinski definition) is 1. The maximum Gasteiger partial charge on any atom is 0.228 e. The summed E-state index contributed by atoms with van der Waals surface area (Å²) >= 11 is 0. The molecule has 1 heterocycles. The predicted octanol–water partition coefficient (Wildman–Crippen LogP) is 3.03. The second-order valence-corrected chi connectivity index (χ2v) is 5.70. The maximum absolute atomic E-state index is 5.38. The molecule has 1 aromatic heterocycles. The van der Waals surface area contributed by atoms with E-state index in [0.717, 1.165) is 37.5 Å². The standard InChI is InChI=1S/C17H25N3O/c1-4-18-15(13(2)3)12-17-19-16(20-21-17)11-10-14-8-6-5-7-9-14/h5-9,13,15,18H,4,10-12H2,1-3H3. The molecule has 1 atom stereocenters. The van der Waals surface area contributed by atoms with Crippen LogP contribution in [0.2, 0.25) is 0 Å². The average Bonchev–Trinajstić information content (AvgIpc) is 2.93. The molecule has 0 radical (unpaired) electrons. The fourth-order valence-corrected chi connectivity index (χ4v) is 2.37. The third-order valence-electron chi connectivity index (χ3n) is 3.66. The molecule has 114 valence electrons. The average molecular weight is 287 g/mol. The molecule has 0 amide bonds. The lowest BCUT2D eigenvalue weighted by Gasteiger charge is -2.19. The first-order valence-corrected chi connectivity index (χ1v) is 7.77. The van der Waals surface area contributed by atoms with Crippen molar-refractivity contribution < 1.29 is 4.52 Å². The molecular formula is C17H25N3O. The van der Waals surface area contributed by atoms with Crippen molar-refractivity contribution >= 4 is 0 Å². The summed E-state index contributed by atoms with van der Waals surface area (Å²) in [6, 6.07) is 10.8. The van der Waals surface area contributed by atoms with E-state index in [0.29, 0.717) is 12.0 Å². The van der Waals surface area contributed by atoms with Gasteiger partial charge in [0, 0.05) is 18.9 Å². The van der Waals surface area contributed by atoms with Gasteiger partial charge in [0.2, 0.25) is 5.89 Å². The largest absolute Gasteiger partial charge is 0.339 e. The van der Waals surface area contributed by atoms with E-state index < -0.39 is 0 Å². The van der Waals surface area contributed by atoms with Crippen LogP contribution in [0.1, 0.15) is 38.0 Å². The zero-order valence-electron chi connectivity index (χ0n) is 13.2. The van der Waals surface area contributed by atoms with E-state index in [1.54, 1.807) is 0 Å². The Bertz CT molecular complexity index is 522. The number of benzene rings is 1. The Morgan fingerprint density at radius 2 is 1.90 bits per heavy atom. The molecule has 4 nitrogen and oxygen atoms in total. The predicted molar refractivity (Wildman–Crippen MR) is 84.2 cm³/mol. The van der Waals surface area contributed by atoms with Gasteiger partial charge in [-0.25, -0.2) is 0 Å². The molecule has 0 aliphatic heterocycles. The number of rotatable bonds is 8. The van der Waals surface area contributed by atoms with Crippen LogP contribution in [0.25, 0.3) is 0 Å². The van der Waals surface area contributed by atoms with Crippen LogP contribution >= 0.6 is 0 Å². The second-order valence-electron chi connectivity index (χ2n) is 5.70. The fourth-order valence-electron chi connectivity index (χ4n) is 2.37. The summed E-state index contributed by atoms with van der Waals surface area (Å²) < 4.78 is 5.38. The second kappa shape index (κ2) is 7.93. The van der Waals surface area contributed by atoms with Crippen molar-refractivity contribution in [3.8, 4) is 0 Å². The topological polar surface area (TPSA) is 51.0 Å². The van der Waals surface area contributed by atoms with E-state index in [-0.39, 0.29) is 0 Å². The Labute approximate surface area is 127 Å². The summed E-state index contributed by atoms with van der Waals surface area (Å²) in [4.78, 5) is 4.51. The molecule has 1 unspecified atom stereocenters. The monoisotopic (exact) mass is 287 g/mol. The molecule has 0 bridgehead atoms. The number of aromatic nitrogens is 2. The Hall–Kier alpha value is -1.68. The van der Waals surface area contributed by atoms with Crippen LogP contribution in [-0.4, -0.2) is 22.7 Å². The summed E-state index contributed by atoms with van der Waals surface area (Å²) in [7, 11) is 0. The first-order chi connectivity index (χ1) is 10.2. The Kier molecular flexibility index (Phi) is 5.93. The van der Waals surface area contributed by atoms with E-state index >= 15 is 0 Å². The molecule has 0 saturated carbocycles. The summed E-state index contributed by atoms with van der Waals surface area (Å²) in [5.74, 6) is 2.08. The van der Waals surface area contributed by atoms with E-state index in [4.69, 9.17) is 4.52 Å². The van der Waals surface area contributed by atoms with Gasteiger partial charge in [0.05, 0.1) is 0 Å². The fraction of sp³-hybridized carbons (Fsp3) is 0.529. The van der Waals surface area contributed by atoms with Crippen molar-refractivity contribution in [2.75, 3.05) is 6.54 Å². The molecule has 2 aromatic rings. The SMILES string of the molecule is CCNC(Cc1nc(CCc2ccccc2)no1)C(C)C. The molecule has 0 spiro atoms. The summed E-state index contributed by atoms with van der Waals surface area (Å²) in [5, 5.41) is 7.56. The first-order valence-electron chi connectivity index (χ1n) is 7.77. The summed E-state index contributed by atoms with van der Waals surface area (Å²) in [6.45, 7) is 7.49. The van der Waals surface area contributed by atoms with Gasteiger partial charge in [-0.15, -0.1) is 0 Å². The van der Waals surface area contributed by atoms with Crippen molar-refractivity contribution in [1.82, 2.24) is 15.5 Å². The van der Waals surface area contributed by atoms with Crippen LogP contribution in [0.4, 0.5) is 0 Å². The highest BCUT2D eigenvalue weighted by Crippen LogP contribution is 2.10. The van der Waals surface area contributed by atoms with E-state index in [9.17, 15) is 0 Å². The lowest BCUT2D eigenvalue weighted by atomic mass is 10.0. The van der Waals surface area contributed by atoms with Crippen LogP contribution in [0.5, 0.6) is 0 Å². The normalized spacial score (nSPS) is 12.8. The molecule has 0 aliphatic rings. The van der Waals surface area contributed by atoms with Crippen molar-refractivity contribution in [2.45, 2.75) is 46.1 Å². The minimum atomic E-state index is 0.387. The number of hydrogen-bond acceptors (Lipinski definition) is 4. The van der Waals surface area contributed by atoms with Gasteiger partial charge in [0.1, 0.15) is 0 Å². The minimum Gasteiger partial charge on any atom is -0.339 e. The molecule has 2 rings (SSSR count). The Morgan fingerprint density at radius 3 is 2.57 bits per heavy atom. The number of aryl methyl sites for hydroxylation is 2. The Balaban J connectivity index is 1.88. The van der Waals surface area contributed by atoms with Gasteiger partial charge in [0.15, 0.2) is 5.82 Å². The van der Waals surface area contributed by atoms with Gasteiger partial charge >= 0.3 is 0 Å². The van der Waals surface area contributed by atoms with E-state index in [1.165, 1.54) is 5.56 Å². The molecular weight excluding hydrogens is 262 g/mol. The van der Waals surface area contributed by atoms with Crippen molar-refractivity contribution in [2.24, 2.45) is 5.92 Å². The van der Waals surface area contributed by atoms with Gasteiger partial charge in [0.25, 0.3) is 0 Å². The van der Waals surface area contributed by atoms with Gasteiger partial charge in [-0.05, 0) is 24.4 Å². The van der Waals surface area contributed by atoms with Gasteiger partial charge in [-0.2, -0.15) is 4.98 Å². The molecule has 4 heteroatoms. The lowest BCUT2D eigenvalue weighted by Crippen LogP contribution is -2.35. The minimum absolute atomic E-state index is 0.387. The van der Waals surface area contributed by atoms with Crippen LogP contribution < -0.4 is 5.32 Å². The molecule has 21 heavy (non-hydrogen) atoms. The highest BCUT2D eigenvalue weighted by molar-refractivity contribution is 5.15. The Morgan fingerprint density at radius 1 is 1.14 bits per heavy atom. The molecule has 0 saturated heterocycles. The van der Waals surface area contributed by atoms with Crippen molar-refractivity contribution in [3.05, 3.63) is 47.6 Å². The number of nitrogens with zero attached hydrogens (tertiary/aromatic N) is 2. The van der Waals surface area contributed by atoms with Crippen LogP contribution in [-0.2, 0) is 19.3 Å². The summed E-state index contributed by atoms with van der Waals surface area (Å²) in [5.41, 5.74) is 1.30. The quantitative estimate of drug-likeness (QED) is 0.811. The van der Waals surface area contributed by atoms with Crippen molar-refractivity contribution in [1.29, 1.82) is 0 Å².